The second-order valence-electron chi connectivity index (χ2n) is 5.27. The summed E-state index contributed by atoms with van der Waals surface area (Å²) in [6, 6.07) is 9.03. The Morgan fingerprint density at radius 3 is 2.74 bits per heavy atom. The van der Waals surface area contributed by atoms with E-state index in [0.717, 1.165) is 27.8 Å². The Balaban J connectivity index is 1.77. The molecule has 0 amide bonds. The van der Waals surface area contributed by atoms with Crippen molar-refractivity contribution in [1.82, 2.24) is 9.71 Å². The van der Waals surface area contributed by atoms with Crippen LogP contribution in [-0.2, 0) is 16.4 Å². The molecule has 0 fully saturated rings. The number of nitrogens with one attached hydrogen (secondary N) is 2. The summed E-state index contributed by atoms with van der Waals surface area (Å²) in [5.74, 6) is 0. The fraction of sp³-hybridized carbons (Fsp3) is 0.200. The van der Waals surface area contributed by atoms with Crippen molar-refractivity contribution in [3.05, 3.63) is 51.5 Å². The fourth-order valence-corrected chi connectivity index (χ4v) is 5.59. The number of hydrogen-bond donors (Lipinski definition) is 2. The summed E-state index contributed by atoms with van der Waals surface area (Å²) in [5, 5.41) is 1.35. The monoisotopic (exact) mass is 388 g/mol. The SMILES string of the molecule is CC(Cc1c[nH]c2ccccc12)NS(=O)(=O)c1cc(Cl)c(Cl)s1. The van der Waals surface area contributed by atoms with Crippen LogP contribution < -0.4 is 4.72 Å². The number of sulfonamides is 1. The highest BCUT2D eigenvalue weighted by atomic mass is 35.5. The topological polar surface area (TPSA) is 62.0 Å². The zero-order valence-corrected chi connectivity index (χ0v) is 15.3. The summed E-state index contributed by atoms with van der Waals surface area (Å²) in [6.07, 6.45) is 2.49. The van der Waals surface area contributed by atoms with Crippen LogP contribution in [0.4, 0.5) is 0 Å². The van der Waals surface area contributed by atoms with Gasteiger partial charge in [-0.25, -0.2) is 13.1 Å². The average Bonchev–Trinajstić information content (AvgIpc) is 3.04. The zero-order chi connectivity index (χ0) is 16.6. The minimum Gasteiger partial charge on any atom is -0.361 e. The summed E-state index contributed by atoms with van der Waals surface area (Å²) in [5.41, 5.74) is 2.10. The Bertz CT molecular complexity index is 928. The molecule has 8 heteroatoms. The molecule has 0 bridgehead atoms. The maximum Gasteiger partial charge on any atom is 0.250 e. The number of rotatable bonds is 5. The van der Waals surface area contributed by atoms with Gasteiger partial charge in [-0.3, -0.25) is 0 Å². The number of benzene rings is 1. The van der Waals surface area contributed by atoms with Gasteiger partial charge in [0, 0.05) is 23.1 Å². The predicted molar refractivity (Wildman–Crippen MR) is 96.1 cm³/mol. The van der Waals surface area contributed by atoms with Gasteiger partial charge in [0.25, 0.3) is 0 Å². The first-order valence-corrected chi connectivity index (χ1v) is 9.94. The molecule has 23 heavy (non-hydrogen) atoms. The summed E-state index contributed by atoms with van der Waals surface area (Å²) < 4.78 is 27.8. The number of fused-ring (bicyclic) bond motifs is 1. The standard InChI is InChI=1S/C15H14Cl2N2O2S2/c1-9(6-10-8-18-13-5-3-2-4-11(10)13)19-23(20,21)14-7-12(16)15(17)22-14/h2-5,7-9,18-19H,6H2,1H3. The molecule has 0 saturated heterocycles. The van der Waals surface area contributed by atoms with Gasteiger partial charge in [0.2, 0.25) is 10.0 Å². The van der Waals surface area contributed by atoms with E-state index in [-0.39, 0.29) is 19.6 Å². The molecule has 0 spiro atoms. The summed E-state index contributed by atoms with van der Waals surface area (Å²) in [4.78, 5) is 3.19. The molecule has 1 unspecified atom stereocenters. The number of para-hydroxylation sites is 1. The van der Waals surface area contributed by atoms with E-state index >= 15 is 0 Å². The lowest BCUT2D eigenvalue weighted by atomic mass is 10.1. The van der Waals surface area contributed by atoms with Crippen molar-refractivity contribution in [3.63, 3.8) is 0 Å². The van der Waals surface area contributed by atoms with Crippen LogP contribution in [0.2, 0.25) is 9.36 Å². The molecule has 0 aliphatic heterocycles. The predicted octanol–water partition coefficient (Wildman–Crippen LogP) is 4.45. The molecule has 0 aliphatic rings. The molecule has 1 aromatic carbocycles. The van der Waals surface area contributed by atoms with Crippen LogP contribution in [0.25, 0.3) is 10.9 Å². The molecule has 0 radical (unpaired) electrons. The van der Waals surface area contributed by atoms with Crippen molar-refractivity contribution in [2.75, 3.05) is 0 Å². The van der Waals surface area contributed by atoms with E-state index < -0.39 is 10.0 Å². The maximum absolute atomic E-state index is 12.4. The third-order valence-corrected chi connectivity index (χ3v) is 7.37. The molecule has 1 atom stereocenters. The van der Waals surface area contributed by atoms with Gasteiger partial charge in [0.05, 0.1) is 5.02 Å². The quantitative estimate of drug-likeness (QED) is 0.678. The van der Waals surface area contributed by atoms with Crippen molar-refractivity contribution in [2.45, 2.75) is 23.6 Å². The summed E-state index contributed by atoms with van der Waals surface area (Å²) >= 11 is 12.6. The Hall–Kier alpha value is -1.05. The van der Waals surface area contributed by atoms with E-state index in [1.54, 1.807) is 0 Å². The molecular formula is C15H14Cl2N2O2S2. The maximum atomic E-state index is 12.4. The molecule has 0 saturated carbocycles. The molecule has 3 aromatic rings. The fourth-order valence-electron chi connectivity index (χ4n) is 2.45. The second kappa shape index (κ2) is 6.45. The smallest absolute Gasteiger partial charge is 0.250 e. The van der Waals surface area contributed by atoms with Gasteiger partial charge in [-0.1, -0.05) is 41.4 Å². The Morgan fingerprint density at radius 2 is 2.04 bits per heavy atom. The minimum atomic E-state index is -3.63. The zero-order valence-electron chi connectivity index (χ0n) is 12.1. The highest BCUT2D eigenvalue weighted by Gasteiger charge is 2.22. The number of halogens is 2. The van der Waals surface area contributed by atoms with Crippen molar-refractivity contribution in [2.24, 2.45) is 0 Å². The second-order valence-corrected chi connectivity index (χ2v) is 9.28. The van der Waals surface area contributed by atoms with Crippen molar-refractivity contribution >= 4 is 55.5 Å². The van der Waals surface area contributed by atoms with Gasteiger partial charge >= 0.3 is 0 Å². The lowest BCUT2D eigenvalue weighted by Gasteiger charge is -2.13. The Labute approximate surface area is 148 Å². The third-order valence-electron chi connectivity index (χ3n) is 3.44. The molecule has 0 aliphatic carbocycles. The first-order valence-electron chi connectivity index (χ1n) is 6.89. The molecule has 4 nitrogen and oxygen atoms in total. The van der Waals surface area contributed by atoms with Crippen molar-refractivity contribution in [1.29, 1.82) is 0 Å². The molecule has 122 valence electrons. The molecule has 2 aromatic heterocycles. The van der Waals surface area contributed by atoms with E-state index in [0.29, 0.717) is 6.42 Å². The van der Waals surface area contributed by atoms with Crippen LogP contribution in [0.5, 0.6) is 0 Å². The first kappa shape index (κ1) is 16.8. The van der Waals surface area contributed by atoms with Crippen LogP contribution in [0.15, 0.2) is 40.7 Å². The average molecular weight is 389 g/mol. The van der Waals surface area contributed by atoms with E-state index in [4.69, 9.17) is 23.2 Å². The van der Waals surface area contributed by atoms with E-state index in [1.165, 1.54) is 6.07 Å². The van der Waals surface area contributed by atoms with E-state index in [9.17, 15) is 8.42 Å². The highest BCUT2D eigenvalue weighted by molar-refractivity contribution is 7.91. The molecule has 2 N–H and O–H groups in total. The number of hydrogen-bond acceptors (Lipinski definition) is 3. The van der Waals surface area contributed by atoms with Crippen molar-refractivity contribution < 1.29 is 8.42 Å². The Kier molecular flexibility index (Phi) is 4.71. The highest BCUT2D eigenvalue weighted by Crippen LogP contribution is 2.34. The lowest BCUT2D eigenvalue weighted by molar-refractivity contribution is 0.562. The van der Waals surface area contributed by atoms with Gasteiger partial charge < -0.3 is 4.98 Å². The summed E-state index contributed by atoms with van der Waals surface area (Å²) in [7, 11) is -3.63. The van der Waals surface area contributed by atoms with Crippen LogP contribution in [0.1, 0.15) is 12.5 Å². The van der Waals surface area contributed by atoms with E-state index in [1.807, 2.05) is 37.4 Å². The molecule has 3 rings (SSSR count). The minimum absolute atomic E-state index is 0.123. The van der Waals surface area contributed by atoms with Crippen LogP contribution >= 0.6 is 34.5 Å². The largest absolute Gasteiger partial charge is 0.361 e. The van der Waals surface area contributed by atoms with Gasteiger partial charge in [-0.05, 0) is 31.0 Å². The number of aromatic amines is 1. The van der Waals surface area contributed by atoms with Crippen LogP contribution in [-0.4, -0.2) is 19.4 Å². The van der Waals surface area contributed by atoms with Gasteiger partial charge in [0.1, 0.15) is 8.55 Å². The summed E-state index contributed by atoms with van der Waals surface area (Å²) in [6.45, 7) is 1.83. The Morgan fingerprint density at radius 1 is 1.30 bits per heavy atom. The van der Waals surface area contributed by atoms with E-state index in [2.05, 4.69) is 9.71 Å². The van der Waals surface area contributed by atoms with Crippen LogP contribution in [0.3, 0.4) is 0 Å². The number of aromatic nitrogens is 1. The third kappa shape index (κ3) is 3.56. The van der Waals surface area contributed by atoms with Crippen molar-refractivity contribution in [3.8, 4) is 0 Å². The van der Waals surface area contributed by atoms with Gasteiger partial charge in [-0.15, -0.1) is 11.3 Å². The van der Waals surface area contributed by atoms with Gasteiger partial charge in [-0.2, -0.15) is 0 Å². The molecular weight excluding hydrogens is 375 g/mol. The van der Waals surface area contributed by atoms with Gasteiger partial charge in [0.15, 0.2) is 0 Å². The normalized spacial score (nSPS) is 13.5. The number of thiophene rings is 1. The van der Waals surface area contributed by atoms with Crippen LogP contribution in [0, 0.1) is 0 Å². The lowest BCUT2D eigenvalue weighted by Crippen LogP contribution is -2.33. The first-order chi connectivity index (χ1) is 10.9. The molecule has 2 heterocycles. The number of H-pyrrole nitrogens is 1.